The van der Waals surface area contributed by atoms with Crippen molar-refractivity contribution in [2.75, 3.05) is 13.6 Å². The molecule has 0 fully saturated rings. The van der Waals surface area contributed by atoms with E-state index in [0.717, 1.165) is 0 Å². The molecule has 0 radical (unpaired) electrons. The number of aromatic nitrogens is 1. The Bertz CT molecular complexity index is 241. The summed E-state index contributed by atoms with van der Waals surface area (Å²) in [5.41, 5.74) is 0.516. The second kappa shape index (κ2) is 7.98. The van der Waals surface area contributed by atoms with Crippen LogP contribution in [0.25, 0.3) is 0 Å². The molecule has 5 heteroatoms. The lowest BCUT2D eigenvalue weighted by Gasteiger charge is -1.96. The van der Waals surface area contributed by atoms with Gasteiger partial charge in [0.15, 0.2) is 5.78 Å². The molecule has 0 aliphatic rings. The quantitative estimate of drug-likeness (QED) is 0.786. The molecular weight excluding hydrogens is 211 g/mol. The van der Waals surface area contributed by atoms with Crippen molar-refractivity contribution in [1.82, 2.24) is 10.3 Å². The molecular formula is C8H12Cl2N2O. The maximum Gasteiger partial charge on any atom is 0.194 e. The van der Waals surface area contributed by atoms with E-state index in [1.807, 2.05) is 0 Å². The van der Waals surface area contributed by atoms with Crippen molar-refractivity contribution in [3.63, 3.8) is 0 Å². The summed E-state index contributed by atoms with van der Waals surface area (Å²) in [6, 6.07) is 5.30. The molecule has 74 valence electrons. The van der Waals surface area contributed by atoms with Crippen molar-refractivity contribution >= 4 is 30.6 Å². The van der Waals surface area contributed by atoms with Crippen LogP contribution < -0.4 is 5.32 Å². The molecule has 0 atom stereocenters. The summed E-state index contributed by atoms with van der Waals surface area (Å²) < 4.78 is 0. The smallest absolute Gasteiger partial charge is 0.194 e. The van der Waals surface area contributed by atoms with Gasteiger partial charge in [-0.1, -0.05) is 6.07 Å². The molecule has 0 amide bonds. The van der Waals surface area contributed by atoms with E-state index in [9.17, 15) is 4.79 Å². The summed E-state index contributed by atoms with van der Waals surface area (Å²) >= 11 is 0. The van der Waals surface area contributed by atoms with Gasteiger partial charge in [0.2, 0.25) is 0 Å². The van der Waals surface area contributed by atoms with Gasteiger partial charge in [-0.3, -0.25) is 9.78 Å². The number of Topliss-reactive ketones (excluding diaryl/α,β-unsaturated/α-hetero) is 1. The first-order valence-corrected chi connectivity index (χ1v) is 3.43. The molecule has 0 unspecified atom stereocenters. The fourth-order valence-corrected chi connectivity index (χ4v) is 0.779. The molecule has 1 heterocycles. The Hall–Kier alpha value is -0.640. The second-order valence-corrected chi connectivity index (χ2v) is 2.17. The van der Waals surface area contributed by atoms with E-state index in [0.29, 0.717) is 12.2 Å². The molecule has 0 aromatic carbocycles. The molecule has 0 bridgehead atoms. The molecule has 0 saturated carbocycles. The van der Waals surface area contributed by atoms with Crippen LogP contribution >= 0.6 is 24.8 Å². The first kappa shape index (κ1) is 14.9. The SMILES string of the molecule is CNCC(=O)c1ccccn1.Cl.Cl. The molecule has 3 nitrogen and oxygen atoms in total. The molecule has 0 aliphatic heterocycles. The van der Waals surface area contributed by atoms with Crippen LogP contribution in [-0.4, -0.2) is 24.4 Å². The van der Waals surface area contributed by atoms with Gasteiger partial charge in [0.1, 0.15) is 5.69 Å². The normalized spacial score (nSPS) is 8.08. The number of rotatable bonds is 3. The zero-order valence-electron chi connectivity index (χ0n) is 7.19. The average molecular weight is 223 g/mol. The van der Waals surface area contributed by atoms with E-state index in [1.54, 1.807) is 31.4 Å². The van der Waals surface area contributed by atoms with E-state index in [4.69, 9.17) is 0 Å². The van der Waals surface area contributed by atoms with E-state index in [2.05, 4.69) is 10.3 Å². The van der Waals surface area contributed by atoms with Crippen molar-refractivity contribution in [3.05, 3.63) is 30.1 Å². The third kappa shape index (κ3) is 4.83. The summed E-state index contributed by atoms with van der Waals surface area (Å²) in [5, 5.41) is 2.78. The van der Waals surface area contributed by atoms with Crippen LogP contribution in [0.5, 0.6) is 0 Å². The Balaban J connectivity index is 0. The van der Waals surface area contributed by atoms with Gasteiger partial charge in [0, 0.05) is 6.20 Å². The Morgan fingerprint density at radius 2 is 2.15 bits per heavy atom. The highest BCUT2D eigenvalue weighted by atomic mass is 35.5. The Kier molecular flexibility index (Phi) is 9.12. The number of carbonyl (C=O) groups is 1. The lowest BCUT2D eigenvalue weighted by molar-refractivity contribution is 0.0989. The zero-order chi connectivity index (χ0) is 8.10. The van der Waals surface area contributed by atoms with E-state index in [-0.39, 0.29) is 30.6 Å². The van der Waals surface area contributed by atoms with Crippen LogP contribution in [0.1, 0.15) is 10.5 Å². The van der Waals surface area contributed by atoms with Crippen molar-refractivity contribution in [1.29, 1.82) is 0 Å². The maximum absolute atomic E-state index is 11.1. The van der Waals surface area contributed by atoms with Gasteiger partial charge in [-0.2, -0.15) is 0 Å². The van der Waals surface area contributed by atoms with Crippen molar-refractivity contribution in [2.24, 2.45) is 0 Å². The minimum absolute atomic E-state index is 0. The number of nitrogens with zero attached hydrogens (tertiary/aromatic N) is 1. The number of pyridine rings is 1. The van der Waals surface area contributed by atoms with Crippen molar-refractivity contribution in [2.45, 2.75) is 0 Å². The highest BCUT2D eigenvalue weighted by Gasteiger charge is 2.02. The molecule has 0 spiro atoms. The predicted molar refractivity (Wildman–Crippen MR) is 57.0 cm³/mol. The van der Waals surface area contributed by atoms with Crippen LogP contribution in [0.15, 0.2) is 24.4 Å². The van der Waals surface area contributed by atoms with E-state index in [1.165, 1.54) is 0 Å². The van der Waals surface area contributed by atoms with Gasteiger partial charge in [0.25, 0.3) is 0 Å². The fraction of sp³-hybridized carbons (Fsp3) is 0.250. The highest BCUT2D eigenvalue weighted by molar-refractivity contribution is 5.95. The largest absolute Gasteiger partial charge is 0.313 e. The minimum Gasteiger partial charge on any atom is -0.313 e. The first-order chi connectivity index (χ1) is 5.34. The maximum atomic E-state index is 11.1. The number of nitrogens with one attached hydrogen (secondary N) is 1. The summed E-state index contributed by atoms with van der Waals surface area (Å²) in [6.07, 6.45) is 1.61. The summed E-state index contributed by atoms with van der Waals surface area (Å²) in [4.78, 5) is 15.0. The Morgan fingerprint density at radius 3 is 2.62 bits per heavy atom. The molecule has 1 aromatic rings. The number of carbonyl (C=O) groups excluding carboxylic acids is 1. The molecule has 1 N–H and O–H groups in total. The van der Waals surface area contributed by atoms with Crippen molar-refractivity contribution in [3.8, 4) is 0 Å². The van der Waals surface area contributed by atoms with Gasteiger partial charge >= 0.3 is 0 Å². The average Bonchev–Trinajstić information content (AvgIpc) is 2.07. The minimum atomic E-state index is 0. The van der Waals surface area contributed by atoms with Gasteiger partial charge in [-0.05, 0) is 19.2 Å². The molecule has 1 rings (SSSR count). The molecule has 0 saturated heterocycles. The van der Waals surface area contributed by atoms with Crippen LogP contribution in [-0.2, 0) is 0 Å². The Morgan fingerprint density at radius 1 is 1.46 bits per heavy atom. The van der Waals surface area contributed by atoms with E-state index < -0.39 is 0 Å². The third-order valence-corrected chi connectivity index (χ3v) is 1.29. The predicted octanol–water partition coefficient (Wildman–Crippen LogP) is 1.33. The van der Waals surface area contributed by atoms with Gasteiger partial charge in [-0.15, -0.1) is 24.8 Å². The Labute approximate surface area is 89.8 Å². The molecule has 13 heavy (non-hydrogen) atoms. The van der Waals surface area contributed by atoms with Gasteiger partial charge in [-0.25, -0.2) is 0 Å². The lowest BCUT2D eigenvalue weighted by Crippen LogP contribution is -2.19. The highest BCUT2D eigenvalue weighted by Crippen LogP contribution is 1.92. The van der Waals surface area contributed by atoms with Crippen LogP contribution in [0.2, 0.25) is 0 Å². The van der Waals surface area contributed by atoms with Crippen molar-refractivity contribution < 1.29 is 4.79 Å². The summed E-state index contributed by atoms with van der Waals surface area (Å²) in [5.74, 6) is 0.0214. The topological polar surface area (TPSA) is 42.0 Å². The van der Waals surface area contributed by atoms with Crippen LogP contribution in [0, 0.1) is 0 Å². The summed E-state index contributed by atoms with van der Waals surface area (Å²) in [7, 11) is 1.74. The monoisotopic (exact) mass is 222 g/mol. The standard InChI is InChI=1S/C8H10N2O.2ClH/c1-9-6-8(11)7-4-2-3-5-10-7;;/h2-5,9H,6H2,1H3;2*1H. The zero-order valence-corrected chi connectivity index (χ0v) is 8.82. The summed E-state index contributed by atoms with van der Waals surface area (Å²) in [6.45, 7) is 0.344. The fourth-order valence-electron chi connectivity index (χ4n) is 0.779. The lowest BCUT2D eigenvalue weighted by atomic mass is 10.2. The van der Waals surface area contributed by atoms with Crippen LogP contribution in [0.3, 0.4) is 0 Å². The van der Waals surface area contributed by atoms with Crippen LogP contribution in [0.4, 0.5) is 0 Å². The number of hydrogen-bond acceptors (Lipinski definition) is 3. The first-order valence-electron chi connectivity index (χ1n) is 3.43. The second-order valence-electron chi connectivity index (χ2n) is 2.17. The third-order valence-electron chi connectivity index (χ3n) is 1.29. The number of hydrogen-bond donors (Lipinski definition) is 1. The van der Waals surface area contributed by atoms with E-state index >= 15 is 0 Å². The van der Waals surface area contributed by atoms with Gasteiger partial charge < -0.3 is 5.32 Å². The molecule has 0 aliphatic carbocycles. The number of halogens is 2. The molecule has 1 aromatic heterocycles. The van der Waals surface area contributed by atoms with Gasteiger partial charge in [0.05, 0.1) is 6.54 Å². The number of likely N-dealkylation sites (N-methyl/N-ethyl adjacent to an activating group) is 1. The number of ketones is 1.